The van der Waals surface area contributed by atoms with Crippen LogP contribution in [-0.4, -0.2) is 25.5 Å². The molecule has 0 aliphatic carbocycles. The standard InChI is InChI=1S/C10H17N.C2H6/c1-5-7-10(6-2)8-9-11(3)4;1-2/h5-7H,1-2,8-9H2,3-4H3;1-2H3/b10-7+;. The van der Waals surface area contributed by atoms with Gasteiger partial charge in [-0.1, -0.05) is 45.2 Å². The van der Waals surface area contributed by atoms with E-state index in [0.29, 0.717) is 0 Å². The maximum Gasteiger partial charge on any atom is 0.00157 e. The summed E-state index contributed by atoms with van der Waals surface area (Å²) in [5, 5.41) is 0. The summed E-state index contributed by atoms with van der Waals surface area (Å²) in [5.74, 6) is 0. The molecule has 0 fully saturated rings. The molecule has 1 nitrogen and oxygen atoms in total. The van der Waals surface area contributed by atoms with E-state index in [1.165, 1.54) is 5.57 Å². The number of nitrogens with zero attached hydrogens (tertiary/aromatic N) is 1. The molecule has 76 valence electrons. The van der Waals surface area contributed by atoms with Crippen molar-refractivity contribution in [3.05, 3.63) is 37.0 Å². The summed E-state index contributed by atoms with van der Waals surface area (Å²) < 4.78 is 0. The Labute approximate surface area is 83.5 Å². The predicted molar refractivity (Wildman–Crippen MR) is 63.0 cm³/mol. The lowest BCUT2D eigenvalue weighted by Crippen LogP contribution is -2.13. The van der Waals surface area contributed by atoms with E-state index in [-0.39, 0.29) is 0 Å². The summed E-state index contributed by atoms with van der Waals surface area (Å²) in [7, 11) is 4.13. The third-order valence-corrected chi connectivity index (χ3v) is 1.44. The Morgan fingerprint density at radius 1 is 1.23 bits per heavy atom. The van der Waals surface area contributed by atoms with Crippen molar-refractivity contribution in [2.75, 3.05) is 20.6 Å². The van der Waals surface area contributed by atoms with E-state index in [0.717, 1.165) is 13.0 Å². The molecule has 0 bridgehead atoms. The SMILES string of the molecule is C=C/C=C(\C=C)CCN(C)C.CC. The van der Waals surface area contributed by atoms with Gasteiger partial charge in [0.05, 0.1) is 0 Å². The Kier molecular flexibility index (Phi) is 12.6. The minimum atomic E-state index is 1.04. The molecule has 0 N–H and O–H groups in total. The van der Waals surface area contributed by atoms with Gasteiger partial charge in [-0.3, -0.25) is 0 Å². The van der Waals surface area contributed by atoms with E-state index in [1.807, 2.05) is 26.0 Å². The first-order chi connectivity index (χ1) is 6.20. The highest BCUT2D eigenvalue weighted by molar-refractivity contribution is 5.20. The zero-order valence-corrected chi connectivity index (χ0v) is 9.51. The van der Waals surface area contributed by atoms with Crippen LogP contribution >= 0.6 is 0 Å². The molecule has 13 heavy (non-hydrogen) atoms. The molecule has 0 atom stereocenters. The van der Waals surface area contributed by atoms with Crippen molar-refractivity contribution in [3.63, 3.8) is 0 Å². The molecular formula is C12H23N. The molecule has 0 spiro atoms. The van der Waals surface area contributed by atoms with Gasteiger partial charge in [0.25, 0.3) is 0 Å². The minimum absolute atomic E-state index is 1.04. The van der Waals surface area contributed by atoms with Crippen LogP contribution in [0.25, 0.3) is 0 Å². The Bertz CT molecular complexity index is 155. The number of hydrogen-bond acceptors (Lipinski definition) is 1. The van der Waals surface area contributed by atoms with Crippen molar-refractivity contribution in [1.29, 1.82) is 0 Å². The second-order valence-corrected chi connectivity index (χ2v) is 2.73. The molecular weight excluding hydrogens is 158 g/mol. The molecule has 0 aromatic heterocycles. The third kappa shape index (κ3) is 11.2. The first kappa shape index (κ1) is 14.7. The van der Waals surface area contributed by atoms with Gasteiger partial charge in [0.15, 0.2) is 0 Å². The average molecular weight is 181 g/mol. The van der Waals surface area contributed by atoms with Crippen LogP contribution in [-0.2, 0) is 0 Å². The molecule has 0 aromatic rings. The van der Waals surface area contributed by atoms with E-state index < -0.39 is 0 Å². The van der Waals surface area contributed by atoms with Crippen LogP contribution in [0.15, 0.2) is 37.0 Å². The lowest BCUT2D eigenvalue weighted by Gasteiger charge is -2.08. The van der Waals surface area contributed by atoms with Crippen molar-refractivity contribution >= 4 is 0 Å². The lowest BCUT2D eigenvalue weighted by molar-refractivity contribution is 0.414. The smallest absolute Gasteiger partial charge is 0.00157 e. The van der Waals surface area contributed by atoms with Crippen molar-refractivity contribution in [2.24, 2.45) is 0 Å². The summed E-state index contributed by atoms with van der Waals surface area (Å²) in [6.45, 7) is 12.4. The Morgan fingerprint density at radius 2 is 1.77 bits per heavy atom. The quantitative estimate of drug-likeness (QED) is 0.588. The van der Waals surface area contributed by atoms with E-state index in [9.17, 15) is 0 Å². The molecule has 0 aromatic carbocycles. The summed E-state index contributed by atoms with van der Waals surface area (Å²) in [5.41, 5.74) is 1.24. The van der Waals surface area contributed by atoms with Gasteiger partial charge in [0.2, 0.25) is 0 Å². The van der Waals surface area contributed by atoms with Crippen LogP contribution < -0.4 is 0 Å². The van der Waals surface area contributed by atoms with Crippen molar-refractivity contribution < 1.29 is 0 Å². The number of rotatable bonds is 5. The molecule has 1 heteroatoms. The maximum absolute atomic E-state index is 3.72. The van der Waals surface area contributed by atoms with Crippen LogP contribution in [0, 0.1) is 0 Å². The molecule has 0 saturated carbocycles. The second-order valence-electron chi connectivity index (χ2n) is 2.73. The predicted octanol–water partition coefficient (Wildman–Crippen LogP) is 3.26. The Morgan fingerprint density at radius 3 is 2.08 bits per heavy atom. The van der Waals surface area contributed by atoms with Crippen molar-refractivity contribution in [2.45, 2.75) is 20.3 Å². The molecule has 0 amide bonds. The Hall–Kier alpha value is -0.820. The highest BCUT2D eigenvalue weighted by Gasteiger charge is 1.92. The summed E-state index contributed by atoms with van der Waals surface area (Å²) in [4.78, 5) is 2.15. The van der Waals surface area contributed by atoms with Gasteiger partial charge in [-0.15, -0.1) is 0 Å². The van der Waals surface area contributed by atoms with Gasteiger partial charge in [0.1, 0.15) is 0 Å². The van der Waals surface area contributed by atoms with Crippen LogP contribution in [0.5, 0.6) is 0 Å². The van der Waals surface area contributed by atoms with Crippen molar-refractivity contribution in [1.82, 2.24) is 4.90 Å². The Balaban J connectivity index is 0. The number of allylic oxidation sites excluding steroid dienone is 3. The third-order valence-electron chi connectivity index (χ3n) is 1.44. The molecule has 0 rings (SSSR count). The fraction of sp³-hybridized carbons (Fsp3) is 0.500. The summed E-state index contributed by atoms with van der Waals surface area (Å²) in [6, 6.07) is 0. The zero-order valence-electron chi connectivity index (χ0n) is 9.51. The fourth-order valence-electron chi connectivity index (χ4n) is 0.758. The van der Waals surface area contributed by atoms with Gasteiger partial charge in [-0.05, 0) is 26.1 Å². The zero-order chi connectivity index (χ0) is 10.7. The van der Waals surface area contributed by atoms with Gasteiger partial charge in [-0.2, -0.15) is 0 Å². The van der Waals surface area contributed by atoms with Crippen LogP contribution in [0.4, 0.5) is 0 Å². The van der Waals surface area contributed by atoms with Gasteiger partial charge < -0.3 is 4.90 Å². The largest absolute Gasteiger partial charge is 0.309 e. The second kappa shape index (κ2) is 11.2. The van der Waals surface area contributed by atoms with E-state index >= 15 is 0 Å². The lowest BCUT2D eigenvalue weighted by atomic mass is 10.1. The normalized spacial score (nSPS) is 10.4. The number of hydrogen-bond donors (Lipinski definition) is 0. The maximum atomic E-state index is 3.72. The highest BCUT2D eigenvalue weighted by atomic mass is 15.0. The monoisotopic (exact) mass is 181 g/mol. The summed E-state index contributed by atoms with van der Waals surface area (Å²) >= 11 is 0. The molecule has 0 heterocycles. The van der Waals surface area contributed by atoms with Crippen LogP contribution in [0.1, 0.15) is 20.3 Å². The van der Waals surface area contributed by atoms with Gasteiger partial charge >= 0.3 is 0 Å². The molecule has 0 saturated heterocycles. The van der Waals surface area contributed by atoms with E-state index in [4.69, 9.17) is 0 Å². The van der Waals surface area contributed by atoms with Gasteiger partial charge in [-0.25, -0.2) is 0 Å². The first-order valence-corrected chi connectivity index (χ1v) is 4.79. The molecule has 0 aliphatic heterocycles. The van der Waals surface area contributed by atoms with E-state index in [2.05, 4.69) is 32.2 Å². The highest BCUT2D eigenvalue weighted by Crippen LogP contribution is 2.02. The van der Waals surface area contributed by atoms with Crippen molar-refractivity contribution in [3.8, 4) is 0 Å². The fourth-order valence-corrected chi connectivity index (χ4v) is 0.758. The van der Waals surface area contributed by atoms with Gasteiger partial charge in [0, 0.05) is 6.54 Å². The minimum Gasteiger partial charge on any atom is -0.309 e. The van der Waals surface area contributed by atoms with E-state index in [1.54, 1.807) is 6.08 Å². The molecule has 0 unspecified atom stereocenters. The first-order valence-electron chi connectivity index (χ1n) is 4.79. The molecule has 0 aliphatic rings. The summed E-state index contributed by atoms with van der Waals surface area (Å²) in [6.07, 6.45) is 6.72. The van der Waals surface area contributed by atoms with Crippen LogP contribution in [0.2, 0.25) is 0 Å². The average Bonchev–Trinajstić information content (AvgIpc) is 2.15. The molecule has 0 radical (unpaired) electrons. The van der Waals surface area contributed by atoms with Crippen LogP contribution in [0.3, 0.4) is 0 Å². The topological polar surface area (TPSA) is 3.24 Å².